The largest absolute Gasteiger partial charge is 0.488 e. The van der Waals surface area contributed by atoms with Gasteiger partial charge in [0, 0.05) is 32.3 Å². The van der Waals surface area contributed by atoms with Crippen LogP contribution in [0, 0.1) is 0 Å². The second kappa shape index (κ2) is 13.5. The van der Waals surface area contributed by atoms with E-state index < -0.39 is 18.7 Å². The Morgan fingerprint density at radius 2 is 2.03 bits per heavy atom. The molecule has 208 valence electrons. The first-order chi connectivity index (χ1) is 18.1. The number of hydrogen-bond acceptors (Lipinski definition) is 6. The van der Waals surface area contributed by atoms with Crippen molar-refractivity contribution in [1.29, 1.82) is 0 Å². The molecule has 0 aromatic heterocycles. The zero-order valence-electron chi connectivity index (χ0n) is 21.7. The fourth-order valence-electron chi connectivity index (χ4n) is 4.61. The number of fused-ring (bicyclic) bond motifs is 1. The number of halogens is 3. The van der Waals surface area contributed by atoms with E-state index in [1.165, 1.54) is 6.07 Å². The highest BCUT2D eigenvalue weighted by Gasteiger charge is 2.29. The number of hydrogen-bond donors (Lipinski definition) is 3. The van der Waals surface area contributed by atoms with Gasteiger partial charge >= 0.3 is 6.18 Å². The number of carbonyl (C=O) groups excluding carboxylic acids is 1. The van der Waals surface area contributed by atoms with Gasteiger partial charge in [0.2, 0.25) is 0 Å². The molecule has 7 nitrogen and oxygen atoms in total. The molecule has 0 bridgehead atoms. The number of nitrogens with one attached hydrogen (secondary N) is 1. The molecule has 4 N–H and O–H groups in total. The summed E-state index contributed by atoms with van der Waals surface area (Å²) in [5, 5.41) is 12.5. The standard InChI is InChI=1S/C28H36F3N3O4/c1-3-5-20-6-7-24(38-18-28(29,30)31)25(17-20)37-13-9-33-19(2)14-21-15-22-8-11-34(10-4-12-35)26(22)23(16-21)27(32)36/h3,6-7,15-17,19,33,35H,1,4-5,8-14,18H2,2H3,(H2,32,36)/t19-/m1/s1. The van der Waals surface area contributed by atoms with Crippen LogP contribution in [-0.4, -0.2) is 62.7 Å². The number of alkyl halides is 3. The van der Waals surface area contributed by atoms with Crippen molar-refractivity contribution in [3.8, 4) is 11.5 Å². The van der Waals surface area contributed by atoms with Crippen molar-refractivity contribution in [3.05, 3.63) is 65.2 Å². The van der Waals surface area contributed by atoms with Crippen LogP contribution in [0.25, 0.3) is 0 Å². The van der Waals surface area contributed by atoms with Crippen molar-refractivity contribution in [2.45, 2.75) is 44.8 Å². The highest BCUT2D eigenvalue weighted by atomic mass is 19.4. The van der Waals surface area contributed by atoms with Crippen LogP contribution in [0.4, 0.5) is 18.9 Å². The van der Waals surface area contributed by atoms with Crippen molar-refractivity contribution in [2.75, 3.05) is 44.4 Å². The molecule has 1 heterocycles. The van der Waals surface area contributed by atoms with E-state index in [-0.39, 0.29) is 30.8 Å². The van der Waals surface area contributed by atoms with Crippen LogP contribution in [0.1, 0.15) is 40.4 Å². The number of carbonyl (C=O) groups is 1. The molecule has 0 aliphatic carbocycles. The predicted octanol–water partition coefficient (Wildman–Crippen LogP) is 3.80. The third-order valence-electron chi connectivity index (χ3n) is 6.24. The molecule has 0 fully saturated rings. The van der Waals surface area contributed by atoms with Gasteiger partial charge in [-0.2, -0.15) is 13.2 Å². The van der Waals surface area contributed by atoms with Gasteiger partial charge in [0.05, 0.1) is 11.3 Å². The normalized spacial score (nSPS) is 13.8. The number of aliphatic hydroxyl groups is 1. The smallest absolute Gasteiger partial charge is 0.422 e. The average molecular weight is 536 g/mol. The first kappa shape index (κ1) is 29.3. The van der Waals surface area contributed by atoms with Crippen LogP contribution in [-0.2, 0) is 19.3 Å². The van der Waals surface area contributed by atoms with Crippen LogP contribution < -0.4 is 25.4 Å². The SMILES string of the molecule is C=CCc1ccc(OCC(F)(F)F)c(OCCN[C@H](C)Cc2cc3c(c(C(N)=O)c2)N(CCCO)CC3)c1. The Morgan fingerprint density at radius 3 is 2.71 bits per heavy atom. The first-order valence-corrected chi connectivity index (χ1v) is 12.7. The molecule has 1 amide bonds. The zero-order chi connectivity index (χ0) is 27.7. The molecule has 2 aromatic carbocycles. The number of allylic oxidation sites excluding steroid dienone is 1. The Hall–Kier alpha value is -3.24. The molecule has 38 heavy (non-hydrogen) atoms. The minimum atomic E-state index is -4.45. The van der Waals surface area contributed by atoms with E-state index in [1.54, 1.807) is 18.2 Å². The maximum Gasteiger partial charge on any atom is 0.422 e. The highest BCUT2D eigenvalue weighted by molar-refractivity contribution is 6.00. The van der Waals surface area contributed by atoms with Gasteiger partial charge in [-0.1, -0.05) is 18.2 Å². The van der Waals surface area contributed by atoms with Gasteiger partial charge < -0.3 is 30.5 Å². The molecular weight excluding hydrogens is 499 g/mol. The third kappa shape index (κ3) is 8.39. The maximum absolute atomic E-state index is 12.6. The van der Waals surface area contributed by atoms with Crippen molar-refractivity contribution in [1.82, 2.24) is 5.32 Å². The van der Waals surface area contributed by atoms with E-state index in [0.29, 0.717) is 37.9 Å². The summed E-state index contributed by atoms with van der Waals surface area (Å²) in [6.07, 6.45) is -0.103. The fourth-order valence-corrected chi connectivity index (χ4v) is 4.61. The van der Waals surface area contributed by atoms with E-state index in [9.17, 15) is 18.0 Å². The van der Waals surface area contributed by atoms with Crippen LogP contribution in [0.3, 0.4) is 0 Å². The van der Waals surface area contributed by atoms with Crippen molar-refractivity contribution >= 4 is 11.6 Å². The molecule has 0 unspecified atom stereocenters. The van der Waals surface area contributed by atoms with Gasteiger partial charge in [-0.15, -0.1) is 6.58 Å². The second-order valence-electron chi connectivity index (χ2n) is 9.42. The quantitative estimate of drug-likeness (QED) is 0.237. The van der Waals surface area contributed by atoms with E-state index >= 15 is 0 Å². The monoisotopic (exact) mass is 535 g/mol. The lowest BCUT2D eigenvalue weighted by molar-refractivity contribution is -0.153. The first-order valence-electron chi connectivity index (χ1n) is 12.7. The molecule has 1 aliphatic heterocycles. The van der Waals surface area contributed by atoms with Crippen LogP contribution in [0.2, 0.25) is 0 Å². The Balaban J connectivity index is 1.58. The number of rotatable bonds is 15. The molecule has 0 radical (unpaired) electrons. The lowest BCUT2D eigenvalue weighted by Gasteiger charge is -2.22. The number of nitrogens with two attached hydrogens (primary N) is 1. The Kier molecular flexibility index (Phi) is 10.4. The Labute approximate surface area is 221 Å². The number of ether oxygens (including phenoxy) is 2. The molecular formula is C28H36F3N3O4. The summed E-state index contributed by atoms with van der Waals surface area (Å²) in [5.74, 6) is -0.192. The summed E-state index contributed by atoms with van der Waals surface area (Å²) in [7, 11) is 0. The topological polar surface area (TPSA) is 97.1 Å². The summed E-state index contributed by atoms with van der Waals surface area (Å²) < 4.78 is 48.6. The minimum absolute atomic E-state index is 0.0355. The van der Waals surface area contributed by atoms with Crippen molar-refractivity contribution in [2.24, 2.45) is 5.73 Å². The summed E-state index contributed by atoms with van der Waals surface area (Å²) in [6.45, 7) is 6.51. The predicted molar refractivity (Wildman–Crippen MR) is 141 cm³/mol. The molecule has 10 heteroatoms. The van der Waals surface area contributed by atoms with E-state index in [0.717, 1.165) is 35.3 Å². The number of benzene rings is 2. The summed E-state index contributed by atoms with van der Waals surface area (Å²) >= 11 is 0. The minimum Gasteiger partial charge on any atom is -0.488 e. The van der Waals surface area contributed by atoms with Gasteiger partial charge in [-0.05, 0) is 67.5 Å². The van der Waals surface area contributed by atoms with Gasteiger partial charge in [0.15, 0.2) is 18.1 Å². The number of nitrogens with zero attached hydrogens (tertiary/aromatic N) is 1. The average Bonchev–Trinajstić information content (AvgIpc) is 3.26. The molecule has 1 atom stereocenters. The number of anilines is 1. The number of primary amides is 1. The Bertz CT molecular complexity index is 1110. The molecule has 0 saturated carbocycles. The summed E-state index contributed by atoms with van der Waals surface area (Å²) in [4.78, 5) is 14.3. The lowest BCUT2D eigenvalue weighted by atomic mass is 9.98. The molecule has 3 rings (SSSR count). The lowest BCUT2D eigenvalue weighted by Crippen LogP contribution is -2.32. The third-order valence-corrected chi connectivity index (χ3v) is 6.24. The Morgan fingerprint density at radius 1 is 1.24 bits per heavy atom. The number of amides is 1. The van der Waals surface area contributed by atoms with Crippen LogP contribution in [0.5, 0.6) is 11.5 Å². The van der Waals surface area contributed by atoms with Gasteiger partial charge in [-0.3, -0.25) is 4.79 Å². The zero-order valence-corrected chi connectivity index (χ0v) is 21.7. The van der Waals surface area contributed by atoms with E-state index in [4.69, 9.17) is 20.3 Å². The van der Waals surface area contributed by atoms with Crippen molar-refractivity contribution < 1.29 is 32.5 Å². The molecule has 0 spiro atoms. The second-order valence-corrected chi connectivity index (χ2v) is 9.42. The van der Waals surface area contributed by atoms with Gasteiger partial charge in [0.1, 0.15) is 6.61 Å². The van der Waals surface area contributed by atoms with E-state index in [1.807, 2.05) is 13.0 Å². The maximum atomic E-state index is 12.6. The van der Waals surface area contributed by atoms with Crippen LogP contribution in [0.15, 0.2) is 43.0 Å². The summed E-state index contributed by atoms with van der Waals surface area (Å²) in [6, 6.07) is 8.80. The fraction of sp³-hybridized carbons (Fsp3) is 0.464. The van der Waals surface area contributed by atoms with Crippen molar-refractivity contribution in [3.63, 3.8) is 0 Å². The molecule has 2 aromatic rings. The van der Waals surface area contributed by atoms with E-state index in [2.05, 4.69) is 22.9 Å². The van der Waals surface area contributed by atoms with Gasteiger partial charge in [-0.25, -0.2) is 0 Å². The molecule has 0 saturated heterocycles. The number of aliphatic hydroxyl groups excluding tert-OH is 1. The highest BCUT2D eigenvalue weighted by Crippen LogP contribution is 2.34. The van der Waals surface area contributed by atoms with Crippen LogP contribution >= 0.6 is 0 Å². The van der Waals surface area contributed by atoms with Gasteiger partial charge in [0.25, 0.3) is 5.91 Å². The molecule has 1 aliphatic rings. The summed E-state index contributed by atoms with van der Waals surface area (Å²) in [5.41, 5.74) is 9.98.